The largest absolute Gasteiger partial charge is 0.472 e. The lowest BCUT2D eigenvalue weighted by Gasteiger charge is -2.20. The fraction of sp³-hybridized carbons (Fsp3) is 0.727. The first-order chi connectivity index (χ1) is 28.8. The minimum absolute atomic E-state index is 0.102. The second kappa shape index (κ2) is 39.6. The highest BCUT2D eigenvalue weighted by Gasteiger charge is 2.28. The van der Waals surface area contributed by atoms with Gasteiger partial charge in [-0.15, -0.1) is 0 Å². The number of esters is 2. The van der Waals surface area contributed by atoms with Gasteiger partial charge in [0.05, 0.1) is 25.9 Å². The number of carbonyl (C=O) groups excluding carboxylic acids is 2. The minimum atomic E-state index is -4.87. The van der Waals surface area contributed by atoms with Crippen molar-refractivity contribution in [2.45, 2.75) is 180 Å². The van der Waals surface area contributed by atoms with E-state index in [-0.39, 0.29) is 18.9 Å². The first kappa shape index (κ1) is 57.8. The molecular formula is C44H78O14P2. The Morgan fingerprint density at radius 3 is 1.60 bits per heavy atom. The van der Waals surface area contributed by atoms with Gasteiger partial charge in [0.1, 0.15) is 12.7 Å². The predicted octanol–water partition coefficient (Wildman–Crippen LogP) is 10.2. The maximum absolute atomic E-state index is 12.7. The van der Waals surface area contributed by atoms with E-state index < -0.39 is 66.2 Å². The molecule has 348 valence electrons. The zero-order valence-corrected chi connectivity index (χ0v) is 38.2. The van der Waals surface area contributed by atoms with Crippen molar-refractivity contribution in [2.24, 2.45) is 0 Å². The summed E-state index contributed by atoms with van der Waals surface area (Å²) < 4.78 is 47.7. The van der Waals surface area contributed by atoms with Crippen LogP contribution in [0, 0.1) is 0 Å². The number of phosphoric acid groups is 2. The Hall–Kier alpha value is -2.22. The lowest BCUT2D eigenvalue weighted by molar-refractivity contribution is -0.161. The molecule has 16 heteroatoms. The van der Waals surface area contributed by atoms with Crippen LogP contribution >= 0.6 is 15.6 Å². The van der Waals surface area contributed by atoms with E-state index >= 15 is 0 Å². The molecule has 4 atom stereocenters. The topological polar surface area (TPSA) is 216 Å². The number of unbranched alkanes of at least 4 members (excludes halogenated alkanes) is 12. The molecule has 0 aromatic rings. The summed E-state index contributed by atoms with van der Waals surface area (Å²) in [6, 6.07) is 0. The van der Waals surface area contributed by atoms with Crippen LogP contribution in [0.2, 0.25) is 0 Å². The van der Waals surface area contributed by atoms with Gasteiger partial charge < -0.3 is 34.4 Å². The van der Waals surface area contributed by atoms with E-state index in [2.05, 4.69) is 65.4 Å². The van der Waals surface area contributed by atoms with E-state index in [4.69, 9.17) is 23.8 Å². The molecule has 14 nitrogen and oxygen atoms in total. The summed E-state index contributed by atoms with van der Waals surface area (Å²) in [6.07, 6.45) is 38.5. The summed E-state index contributed by atoms with van der Waals surface area (Å²) in [4.78, 5) is 52.7. The maximum atomic E-state index is 12.7. The zero-order chi connectivity index (χ0) is 44.6. The average Bonchev–Trinajstić information content (AvgIpc) is 3.20. The van der Waals surface area contributed by atoms with Gasteiger partial charge in [-0.3, -0.25) is 23.2 Å². The quantitative estimate of drug-likeness (QED) is 0.0167. The highest BCUT2D eigenvalue weighted by Crippen LogP contribution is 2.43. The summed E-state index contributed by atoms with van der Waals surface area (Å²) >= 11 is 0. The summed E-state index contributed by atoms with van der Waals surface area (Å²) in [6.45, 7) is 1.47. The van der Waals surface area contributed by atoms with Crippen LogP contribution in [0.4, 0.5) is 0 Å². The second-order valence-electron chi connectivity index (χ2n) is 14.8. The monoisotopic (exact) mass is 892 g/mol. The van der Waals surface area contributed by atoms with Crippen molar-refractivity contribution in [3.63, 3.8) is 0 Å². The molecule has 0 rings (SSSR count). The van der Waals surface area contributed by atoms with Gasteiger partial charge >= 0.3 is 27.6 Å². The smallest absolute Gasteiger partial charge is 0.462 e. The fourth-order valence-corrected chi connectivity index (χ4v) is 6.74. The van der Waals surface area contributed by atoms with E-state index in [9.17, 15) is 33.8 Å². The molecule has 0 spiro atoms. The van der Waals surface area contributed by atoms with Gasteiger partial charge in [-0.1, -0.05) is 132 Å². The SMILES string of the molecule is CCCCCC/C=C\CCCCCCCCCC(=O)O[C@H](COC(=O)CCC/C=C\C/C=C\C/C=C\C/C=C\CC(O)CCC)COP(=O)(O)OC[C@@H](O)COP(=O)(O)O. The Morgan fingerprint density at radius 1 is 0.517 bits per heavy atom. The van der Waals surface area contributed by atoms with E-state index in [1.807, 2.05) is 18.2 Å². The van der Waals surface area contributed by atoms with E-state index in [1.54, 1.807) is 0 Å². The molecule has 0 heterocycles. The fourth-order valence-electron chi connectivity index (χ4n) is 5.58. The number of rotatable bonds is 41. The van der Waals surface area contributed by atoms with Crippen molar-refractivity contribution in [1.82, 2.24) is 0 Å². The number of allylic oxidation sites excluding steroid dienone is 9. The lowest BCUT2D eigenvalue weighted by Crippen LogP contribution is -2.30. The molecular weight excluding hydrogens is 814 g/mol. The number of phosphoric ester groups is 2. The van der Waals surface area contributed by atoms with Crippen LogP contribution < -0.4 is 0 Å². The number of ether oxygens (including phenoxy) is 2. The Balaban J connectivity index is 4.63. The molecule has 0 aromatic carbocycles. The second-order valence-corrected chi connectivity index (χ2v) is 17.5. The molecule has 0 radical (unpaired) electrons. The molecule has 0 aliphatic heterocycles. The normalized spacial score (nSPS) is 15.1. The predicted molar refractivity (Wildman–Crippen MR) is 236 cm³/mol. The van der Waals surface area contributed by atoms with Gasteiger partial charge in [-0.05, 0) is 77.0 Å². The molecule has 5 N–H and O–H groups in total. The highest BCUT2D eigenvalue weighted by molar-refractivity contribution is 7.47. The third kappa shape index (κ3) is 42.5. The Morgan fingerprint density at radius 2 is 1.00 bits per heavy atom. The number of aliphatic hydroxyl groups is 2. The van der Waals surface area contributed by atoms with Crippen LogP contribution in [0.25, 0.3) is 0 Å². The van der Waals surface area contributed by atoms with Crippen molar-refractivity contribution in [2.75, 3.05) is 26.4 Å². The van der Waals surface area contributed by atoms with E-state index in [1.165, 1.54) is 38.5 Å². The molecule has 0 fully saturated rings. The van der Waals surface area contributed by atoms with Gasteiger partial charge in [0.2, 0.25) is 0 Å². The molecule has 0 saturated heterocycles. The number of aliphatic hydroxyl groups excluding tert-OH is 2. The summed E-state index contributed by atoms with van der Waals surface area (Å²) in [5.74, 6) is -1.12. The molecule has 0 aromatic heterocycles. The third-order valence-corrected chi connectivity index (χ3v) is 10.4. The molecule has 0 saturated carbocycles. The van der Waals surface area contributed by atoms with Crippen molar-refractivity contribution in [3.05, 3.63) is 60.8 Å². The average molecular weight is 893 g/mol. The Bertz CT molecular complexity index is 1310. The Labute approximate surface area is 360 Å². The van der Waals surface area contributed by atoms with Gasteiger partial charge in [0.25, 0.3) is 0 Å². The number of carbonyl (C=O) groups is 2. The van der Waals surface area contributed by atoms with Crippen molar-refractivity contribution in [1.29, 1.82) is 0 Å². The minimum Gasteiger partial charge on any atom is -0.462 e. The van der Waals surface area contributed by atoms with Crippen LogP contribution in [-0.2, 0) is 41.8 Å². The third-order valence-electron chi connectivity index (χ3n) is 8.92. The molecule has 2 unspecified atom stereocenters. The zero-order valence-electron chi connectivity index (χ0n) is 36.4. The van der Waals surface area contributed by atoms with E-state index in [0.717, 1.165) is 70.6 Å². The molecule has 0 bridgehead atoms. The van der Waals surface area contributed by atoms with Gasteiger partial charge in [0, 0.05) is 12.8 Å². The van der Waals surface area contributed by atoms with Crippen molar-refractivity contribution in [3.8, 4) is 0 Å². The summed E-state index contributed by atoms with van der Waals surface area (Å²) in [5, 5.41) is 19.5. The Kier molecular flexibility index (Phi) is 38.1. The van der Waals surface area contributed by atoms with Crippen molar-refractivity contribution < 1.29 is 66.7 Å². The van der Waals surface area contributed by atoms with E-state index in [0.29, 0.717) is 25.7 Å². The van der Waals surface area contributed by atoms with Crippen LogP contribution in [0.3, 0.4) is 0 Å². The standard InChI is InChI=1S/C44H78O14P2/c1-3-5-6-7-8-9-10-11-12-15-19-22-25-28-31-35-44(48)58-42(39-57-60(52,53)56-37-41(46)36-55-59(49,50)51)38-54-43(47)34-30-27-24-21-18-16-13-14-17-20-23-26-29-33-40(45)32-4-2/h9-10,13,16-17,20-21,24,26,29,40-42,45-46H,3-8,11-12,14-15,18-19,22-23,25,27-28,30-39H2,1-2H3,(H,52,53)(H2,49,50,51)/b10-9-,16-13-,20-17-,24-21-,29-26-/t40?,41-,42+/m0/s1. The first-order valence-electron chi connectivity index (χ1n) is 22.1. The highest BCUT2D eigenvalue weighted by atomic mass is 31.2. The number of hydrogen-bond donors (Lipinski definition) is 5. The van der Waals surface area contributed by atoms with Crippen LogP contribution in [0.5, 0.6) is 0 Å². The van der Waals surface area contributed by atoms with Crippen molar-refractivity contribution >= 4 is 27.6 Å². The number of hydrogen-bond acceptors (Lipinski definition) is 11. The summed E-state index contributed by atoms with van der Waals surface area (Å²) in [5.41, 5.74) is 0. The summed E-state index contributed by atoms with van der Waals surface area (Å²) in [7, 11) is -9.70. The van der Waals surface area contributed by atoms with Crippen LogP contribution in [0.1, 0.15) is 162 Å². The molecule has 0 aliphatic rings. The lowest BCUT2D eigenvalue weighted by atomic mass is 10.1. The maximum Gasteiger partial charge on any atom is 0.472 e. The van der Waals surface area contributed by atoms with Gasteiger partial charge in [-0.2, -0.15) is 0 Å². The first-order valence-corrected chi connectivity index (χ1v) is 25.1. The van der Waals surface area contributed by atoms with Gasteiger partial charge in [0.15, 0.2) is 6.10 Å². The molecule has 0 aliphatic carbocycles. The van der Waals surface area contributed by atoms with Crippen LogP contribution in [0.15, 0.2) is 60.8 Å². The van der Waals surface area contributed by atoms with Crippen LogP contribution in [-0.4, -0.2) is 81.6 Å². The molecule has 0 amide bonds. The van der Waals surface area contributed by atoms with Gasteiger partial charge in [-0.25, -0.2) is 9.13 Å². The molecule has 60 heavy (non-hydrogen) atoms.